The molecule has 0 aliphatic heterocycles. The molecule has 0 atom stereocenters. The highest BCUT2D eigenvalue weighted by Gasteiger charge is 2.17. The molecular weight excluding hydrogens is 343 g/mol. The number of aryl methyl sites for hydroxylation is 2. The molecule has 7 heteroatoms. The molecule has 4 nitrogen and oxygen atoms in total. The number of aromatic nitrogens is 4. The number of nitrogens with one attached hydrogen (secondary N) is 1. The topological polar surface area (TPSA) is 38.5 Å². The van der Waals surface area contributed by atoms with Crippen molar-refractivity contribution in [2.75, 3.05) is 0 Å². The van der Waals surface area contributed by atoms with E-state index in [1.165, 1.54) is 6.07 Å². The Bertz CT molecular complexity index is 861. The van der Waals surface area contributed by atoms with Gasteiger partial charge in [0, 0.05) is 11.5 Å². The van der Waals surface area contributed by atoms with Gasteiger partial charge in [0.2, 0.25) is 0 Å². The number of fused-ring (bicyclic) bond motifs is 1. The van der Waals surface area contributed by atoms with Crippen LogP contribution in [0.3, 0.4) is 0 Å². The minimum atomic E-state index is -0.329. The summed E-state index contributed by atoms with van der Waals surface area (Å²) in [6.45, 7) is 2.02. The molecule has 0 fully saturated rings. The summed E-state index contributed by atoms with van der Waals surface area (Å²) < 4.78 is 18.8. The van der Waals surface area contributed by atoms with Crippen LogP contribution in [-0.2, 0) is 13.5 Å². The summed E-state index contributed by atoms with van der Waals surface area (Å²) in [4.78, 5) is 3.13. The first-order valence-corrected chi connectivity index (χ1v) is 7.35. The molecule has 1 aromatic carbocycles. The molecule has 0 saturated carbocycles. The summed E-state index contributed by atoms with van der Waals surface area (Å²) in [6, 6.07) is 4.78. The Hall–Kier alpha value is -1.47. The van der Waals surface area contributed by atoms with Crippen LogP contribution in [0.4, 0.5) is 4.39 Å². The molecule has 0 aliphatic carbocycles. The van der Waals surface area contributed by atoms with E-state index in [0.717, 1.165) is 27.8 Å². The molecule has 3 aromatic rings. The van der Waals surface area contributed by atoms with Crippen molar-refractivity contribution in [3.8, 4) is 5.69 Å². The van der Waals surface area contributed by atoms with Gasteiger partial charge in [-0.15, -0.1) is 0 Å². The third-order valence-corrected chi connectivity index (χ3v) is 4.00. The first kappa shape index (κ1) is 13.5. The molecular formula is C13H12BrFN4S. The Morgan fingerprint density at radius 3 is 2.90 bits per heavy atom. The van der Waals surface area contributed by atoms with Crippen molar-refractivity contribution < 1.29 is 4.39 Å². The number of nitrogens with zero attached hydrogens (tertiary/aromatic N) is 3. The lowest BCUT2D eigenvalue weighted by molar-refractivity contribution is 0.616. The molecule has 2 aromatic heterocycles. The second-order valence-corrected chi connectivity index (χ2v) is 5.79. The van der Waals surface area contributed by atoms with Gasteiger partial charge < -0.3 is 4.98 Å². The number of hydrogen-bond acceptors (Lipinski definition) is 2. The molecule has 2 heterocycles. The zero-order valence-corrected chi connectivity index (χ0v) is 13.3. The van der Waals surface area contributed by atoms with Crippen molar-refractivity contribution in [3.05, 3.63) is 39.0 Å². The number of benzene rings is 1. The van der Waals surface area contributed by atoms with Crippen LogP contribution in [-0.4, -0.2) is 19.3 Å². The maximum Gasteiger partial charge on any atom is 0.184 e. The van der Waals surface area contributed by atoms with E-state index in [1.807, 2.05) is 14.0 Å². The van der Waals surface area contributed by atoms with Crippen LogP contribution in [0.1, 0.15) is 12.6 Å². The fourth-order valence-electron chi connectivity index (χ4n) is 2.34. The van der Waals surface area contributed by atoms with E-state index in [2.05, 4.69) is 26.0 Å². The average Bonchev–Trinajstić information content (AvgIpc) is 2.90. The number of aromatic amines is 1. The summed E-state index contributed by atoms with van der Waals surface area (Å²) in [5.41, 5.74) is 2.95. The van der Waals surface area contributed by atoms with Crippen LogP contribution >= 0.6 is 28.1 Å². The molecule has 0 bridgehead atoms. The van der Waals surface area contributed by atoms with Crippen molar-refractivity contribution in [2.45, 2.75) is 13.3 Å². The highest BCUT2D eigenvalue weighted by molar-refractivity contribution is 9.10. The Morgan fingerprint density at radius 1 is 1.45 bits per heavy atom. The van der Waals surface area contributed by atoms with Crippen molar-refractivity contribution in [2.24, 2.45) is 7.05 Å². The lowest BCUT2D eigenvalue weighted by atomic mass is 10.3. The van der Waals surface area contributed by atoms with Crippen LogP contribution < -0.4 is 0 Å². The molecule has 20 heavy (non-hydrogen) atoms. The maximum absolute atomic E-state index is 14.1. The lowest BCUT2D eigenvalue weighted by Crippen LogP contribution is -2.03. The minimum absolute atomic E-state index is 0.329. The van der Waals surface area contributed by atoms with Gasteiger partial charge in [-0.3, -0.25) is 4.57 Å². The largest absolute Gasteiger partial charge is 0.327 e. The monoisotopic (exact) mass is 354 g/mol. The molecule has 0 unspecified atom stereocenters. The molecule has 1 N–H and O–H groups in total. The molecule has 0 spiro atoms. The highest BCUT2D eigenvalue weighted by atomic mass is 79.9. The molecule has 0 aliphatic rings. The number of hydrogen-bond donors (Lipinski definition) is 1. The molecule has 0 saturated heterocycles. The summed E-state index contributed by atoms with van der Waals surface area (Å²) in [6.07, 6.45) is 0.785. The van der Waals surface area contributed by atoms with E-state index in [9.17, 15) is 4.39 Å². The van der Waals surface area contributed by atoms with Crippen LogP contribution in [0.5, 0.6) is 0 Å². The van der Waals surface area contributed by atoms with Crippen LogP contribution in [0.15, 0.2) is 22.7 Å². The van der Waals surface area contributed by atoms with Gasteiger partial charge in [-0.2, -0.15) is 5.10 Å². The zero-order valence-electron chi connectivity index (χ0n) is 10.9. The summed E-state index contributed by atoms with van der Waals surface area (Å²) >= 11 is 8.70. The van der Waals surface area contributed by atoms with E-state index < -0.39 is 0 Å². The average molecular weight is 355 g/mol. The van der Waals surface area contributed by atoms with Gasteiger partial charge in [0.1, 0.15) is 11.3 Å². The summed E-state index contributed by atoms with van der Waals surface area (Å²) in [5.74, 6) is -0.329. The number of H-pyrrole nitrogens is 1. The summed E-state index contributed by atoms with van der Waals surface area (Å²) in [5, 5.41) is 4.43. The third kappa shape index (κ3) is 1.92. The van der Waals surface area contributed by atoms with Gasteiger partial charge in [0.15, 0.2) is 10.4 Å². The predicted octanol–water partition coefficient (Wildman–Crippen LogP) is 3.89. The smallest absolute Gasteiger partial charge is 0.184 e. The SMILES string of the molecule is CCc1nn(C)c2c1[nH]c(=S)n2-c1cc(Br)ccc1F. The standard InChI is InChI=1S/C13H12BrFN4S/c1-3-9-11-12(18(2)17-9)19(13(20)16-11)10-6-7(14)4-5-8(10)15/h4-6H,3H2,1-2H3,(H,16,20). The van der Waals surface area contributed by atoms with Gasteiger partial charge in [-0.25, -0.2) is 9.07 Å². The predicted molar refractivity (Wildman–Crippen MR) is 82.3 cm³/mol. The molecule has 0 amide bonds. The normalized spacial score (nSPS) is 11.4. The van der Waals surface area contributed by atoms with Crippen LogP contribution in [0, 0.1) is 10.6 Å². The lowest BCUT2D eigenvalue weighted by Gasteiger charge is -2.06. The first-order chi connectivity index (χ1) is 9.52. The van der Waals surface area contributed by atoms with E-state index in [1.54, 1.807) is 21.4 Å². The van der Waals surface area contributed by atoms with E-state index in [4.69, 9.17) is 12.2 Å². The second kappa shape index (κ2) is 4.82. The van der Waals surface area contributed by atoms with Gasteiger partial charge in [-0.1, -0.05) is 22.9 Å². The van der Waals surface area contributed by atoms with Gasteiger partial charge in [-0.05, 0) is 36.8 Å². The van der Waals surface area contributed by atoms with E-state index in [0.29, 0.717) is 10.5 Å². The van der Waals surface area contributed by atoms with Gasteiger partial charge >= 0.3 is 0 Å². The first-order valence-electron chi connectivity index (χ1n) is 6.15. The van der Waals surface area contributed by atoms with Crippen molar-refractivity contribution in [3.63, 3.8) is 0 Å². The van der Waals surface area contributed by atoms with Crippen molar-refractivity contribution >= 4 is 39.3 Å². The Kier molecular flexibility index (Phi) is 3.25. The van der Waals surface area contributed by atoms with Gasteiger partial charge in [0.05, 0.1) is 11.4 Å². The van der Waals surface area contributed by atoms with Crippen LogP contribution in [0.2, 0.25) is 0 Å². The van der Waals surface area contributed by atoms with Crippen LogP contribution in [0.25, 0.3) is 16.9 Å². The third-order valence-electron chi connectivity index (χ3n) is 3.22. The highest BCUT2D eigenvalue weighted by Crippen LogP contribution is 2.26. The molecule has 0 radical (unpaired) electrons. The Balaban J connectivity index is 2.42. The van der Waals surface area contributed by atoms with E-state index in [-0.39, 0.29) is 5.82 Å². The number of imidazole rings is 1. The second-order valence-electron chi connectivity index (χ2n) is 4.48. The zero-order chi connectivity index (χ0) is 14.4. The quantitative estimate of drug-likeness (QED) is 0.709. The van der Waals surface area contributed by atoms with Crippen molar-refractivity contribution in [1.29, 1.82) is 0 Å². The minimum Gasteiger partial charge on any atom is -0.327 e. The fraction of sp³-hybridized carbons (Fsp3) is 0.231. The van der Waals surface area contributed by atoms with Crippen molar-refractivity contribution in [1.82, 2.24) is 19.3 Å². The van der Waals surface area contributed by atoms with Gasteiger partial charge in [0.25, 0.3) is 0 Å². The number of halogens is 2. The molecule has 3 rings (SSSR count). The Labute approximate surface area is 128 Å². The summed E-state index contributed by atoms with van der Waals surface area (Å²) in [7, 11) is 1.83. The fourth-order valence-corrected chi connectivity index (χ4v) is 2.98. The van der Waals surface area contributed by atoms with E-state index >= 15 is 0 Å². The Morgan fingerprint density at radius 2 is 2.20 bits per heavy atom. The maximum atomic E-state index is 14.1. The molecule has 104 valence electrons. The number of rotatable bonds is 2.